The molecule has 0 aliphatic heterocycles. The fraction of sp³-hybridized carbons (Fsp3) is 0.0833. The molecule has 0 radical (unpaired) electrons. The van der Waals surface area contributed by atoms with Gasteiger partial charge in [0.2, 0.25) is 0 Å². The van der Waals surface area contributed by atoms with Crippen LogP contribution in [0.5, 0.6) is 0 Å². The van der Waals surface area contributed by atoms with E-state index in [1.807, 2.05) is 0 Å². The molecule has 1 aromatic carbocycles. The first-order valence-corrected chi connectivity index (χ1v) is 5.02. The van der Waals surface area contributed by atoms with E-state index < -0.39 is 17.6 Å². The molecular weight excluding hydrogens is 242 g/mol. The van der Waals surface area contributed by atoms with E-state index in [9.17, 15) is 13.6 Å². The molecule has 1 heterocycles. The first-order chi connectivity index (χ1) is 8.47. The molecule has 2 rings (SSSR count). The van der Waals surface area contributed by atoms with E-state index in [0.29, 0.717) is 5.69 Å². The molecular formula is C12H8F2N2O2. The number of carboxylic acid groups (broad SMARTS) is 1. The quantitative estimate of drug-likeness (QED) is 0.889. The highest BCUT2D eigenvalue weighted by molar-refractivity contribution is 5.86. The van der Waals surface area contributed by atoms with E-state index in [2.05, 4.69) is 9.97 Å². The lowest BCUT2D eigenvalue weighted by atomic mass is 10.2. The Morgan fingerprint density at radius 1 is 1.17 bits per heavy atom. The van der Waals surface area contributed by atoms with Crippen molar-refractivity contribution in [3.8, 4) is 11.4 Å². The average Bonchev–Trinajstić information content (AvgIpc) is 2.31. The fourth-order valence-corrected chi connectivity index (χ4v) is 1.44. The van der Waals surface area contributed by atoms with Crippen LogP contribution in [-0.4, -0.2) is 21.0 Å². The molecule has 0 aliphatic carbocycles. The summed E-state index contributed by atoms with van der Waals surface area (Å²) in [6, 6.07) is 4.46. The average molecular weight is 250 g/mol. The molecule has 0 aliphatic rings. The predicted molar refractivity (Wildman–Crippen MR) is 59.1 cm³/mol. The topological polar surface area (TPSA) is 63.1 Å². The summed E-state index contributed by atoms with van der Waals surface area (Å²) in [5.74, 6) is -3.17. The Hall–Kier alpha value is -2.37. The summed E-state index contributed by atoms with van der Waals surface area (Å²) in [7, 11) is 0. The molecule has 2 aromatic rings. The number of carboxylic acids is 1. The van der Waals surface area contributed by atoms with E-state index in [-0.39, 0.29) is 17.1 Å². The van der Waals surface area contributed by atoms with Crippen molar-refractivity contribution in [1.29, 1.82) is 0 Å². The Morgan fingerprint density at radius 2 is 1.89 bits per heavy atom. The number of halogens is 2. The molecule has 18 heavy (non-hydrogen) atoms. The van der Waals surface area contributed by atoms with Crippen molar-refractivity contribution in [3.63, 3.8) is 0 Å². The van der Waals surface area contributed by atoms with E-state index in [4.69, 9.17) is 5.11 Å². The molecule has 4 nitrogen and oxygen atoms in total. The van der Waals surface area contributed by atoms with Gasteiger partial charge in [-0.2, -0.15) is 0 Å². The summed E-state index contributed by atoms with van der Waals surface area (Å²) in [4.78, 5) is 18.6. The number of benzene rings is 1. The maximum atomic E-state index is 13.1. The lowest BCUT2D eigenvalue weighted by molar-refractivity contribution is 0.0690. The molecule has 0 fully saturated rings. The van der Waals surface area contributed by atoms with Crippen molar-refractivity contribution >= 4 is 5.97 Å². The first kappa shape index (κ1) is 12.1. The molecule has 0 spiro atoms. The number of aromatic carboxylic acids is 1. The normalized spacial score (nSPS) is 10.4. The standard InChI is InChI=1S/C12H8F2N2O2/c1-6-4-10(12(17)18)16-11(15-6)7-2-3-8(13)9(14)5-7/h2-5H,1H3,(H,17,18). The summed E-state index contributed by atoms with van der Waals surface area (Å²) < 4.78 is 25.9. The second-order valence-corrected chi connectivity index (χ2v) is 3.65. The number of carbonyl (C=O) groups is 1. The van der Waals surface area contributed by atoms with Gasteiger partial charge in [0.25, 0.3) is 0 Å². The van der Waals surface area contributed by atoms with Gasteiger partial charge in [-0.25, -0.2) is 23.5 Å². The van der Waals surface area contributed by atoms with Crippen LogP contribution in [0.15, 0.2) is 24.3 Å². The zero-order valence-electron chi connectivity index (χ0n) is 9.32. The van der Waals surface area contributed by atoms with Crippen LogP contribution in [0.25, 0.3) is 11.4 Å². The van der Waals surface area contributed by atoms with Crippen molar-refractivity contribution in [3.05, 3.63) is 47.3 Å². The van der Waals surface area contributed by atoms with Crippen LogP contribution in [0.1, 0.15) is 16.2 Å². The second-order valence-electron chi connectivity index (χ2n) is 3.65. The zero-order chi connectivity index (χ0) is 13.3. The molecule has 0 bridgehead atoms. The number of aromatic nitrogens is 2. The Morgan fingerprint density at radius 3 is 2.50 bits per heavy atom. The molecule has 0 amide bonds. The predicted octanol–water partition coefficient (Wildman–Crippen LogP) is 2.43. The minimum atomic E-state index is -1.20. The molecule has 92 valence electrons. The van der Waals surface area contributed by atoms with Gasteiger partial charge in [-0.15, -0.1) is 0 Å². The minimum absolute atomic E-state index is 0.0475. The van der Waals surface area contributed by atoms with E-state index in [1.54, 1.807) is 6.92 Å². The third kappa shape index (κ3) is 2.32. The van der Waals surface area contributed by atoms with Crippen LogP contribution in [0, 0.1) is 18.6 Å². The summed E-state index contributed by atoms with van der Waals surface area (Å²) in [6.45, 7) is 1.59. The van der Waals surface area contributed by atoms with Crippen LogP contribution in [-0.2, 0) is 0 Å². The van der Waals surface area contributed by atoms with Crippen molar-refractivity contribution in [2.45, 2.75) is 6.92 Å². The van der Waals surface area contributed by atoms with Crippen LogP contribution < -0.4 is 0 Å². The van der Waals surface area contributed by atoms with Crippen LogP contribution in [0.3, 0.4) is 0 Å². The Labute approximate surface area is 101 Å². The second kappa shape index (κ2) is 4.48. The van der Waals surface area contributed by atoms with Gasteiger partial charge in [0.1, 0.15) is 0 Å². The summed E-state index contributed by atoms with van der Waals surface area (Å²) in [5.41, 5.74) is 0.462. The third-order valence-corrected chi connectivity index (χ3v) is 2.25. The summed E-state index contributed by atoms with van der Waals surface area (Å²) in [6.07, 6.45) is 0. The third-order valence-electron chi connectivity index (χ3n) is 2.25. The first-order valence-electron chi connectivity index (χ1n) is 5.02. The van der Waals surface area contributed by atoms with Gasteiger partial charge in [0.15, 0.2) is 23.2 Å². The van der Waals surface area contributed by atoms with E-state index in [0.717, 1.165) is 12.1 Å². The smallest absolute Gasteiger partial charge is 0.354 e. The molecule has 1 aromatic heterocycles. The maximum absolute atomic E-state index is 13.1. The Bertz CT molecular complexity index is 629. The zero-order valence-corrected chi connectivity index (χ0v) is 9.32. The number of hydrogen-bond acceptors (Lipinski definition) is 3. The van der Waals surface area contributed by atoms with Gasteiger partial charge in [-0.05, 0) is 31.2 Å². The highest BCUT2D eigenvalue weighted by Gasteiger charge is 2.11. The summed E-state index contributed by atoms with van der Waals surface area (Å²) in [5, 5.41) is 8.85. The van der Waals surface area contributed by atoms with Crippen LogP contribution >= 0.6 is 0 Å². The highest BCUT2D eigenvalue weighted by Crippen LogP contribution is 2.18. The van der Waals surface area contributed by atoms with Gasteiger partial charge in [0, 0.05) is 11.3 Å². The molecule has 0 saturated carbocycles. The van der Waals surface area contributed by atoms with Crippen molar-refractivity contribution < 1.29 is 18.7 Å². The number of hydrogen-bond donors (Lipinski definition) is 1. The molecule has 0 saturated heterocycles. The molecule has 0 atom stereocenters. The highest BCUT2D eigenvalue weighted by atomic mass is 19.2. The van der Waals surface area contributed by atoms with Crippen LogP contribution in [0.2, 0.25) is 0 Å². The number of rotatable bonds is 2. The largest absolute Gasteiger partial charge is 0.477 e. The monoisotopic (exact) mass is 250 g/mol. The molecule has 6 heteroatoms. The van der Waals surface area contributed by atoms with Crippen molar-refractivity contribution in [2.75, 3.05) is 0 Å². The Balaban J connectivity index is 2.56. The molecule has 0 unspecified atom stereocenters. The summed E-state index contributed by atoms with van der Waals surface area (Å²) >= 11 is 0. The van der Waals surface area contributed by atoms with Crippen molar-refractivity contribution in [2.24, 2.45) is 0 Å². The van der Waals surface area contributed by atoms with Gasteiger partial charge in [-0.3, -0.25) is 0 Å². The maximum Gasteiger partial charge on any atom is 0.354 e. The van der Waals surface area contributed by atoms with Gasteiger partial charge >= 0.3 is 5.97 Å². The van der Waals surface area contributed by atoms with Gasteiger partial charge in [-0.1, -0.05) is 0 Å². The van der Waals surface area contributed by atoms with Crippen molar-refractivity contribution in [1.82, 2.24) is 9.97 Å². The Kier molecular flexibility index (Phi) is 3.01. The lowest BCUT2D eigenvalue weighted by Crippen LogP contribution is -2.04. The van der Waals surface area contributed by atoms with Crippen LogP contribution in [0.4, 0.5) is 8.78 Å². The molecule has 1 N–H and O–H groups in total. The lowest BCUT2D eigenvalue weighted by Gasteiger charge is -2.04. The van der Waals surface area contributed by atoms with E-state index in [1.165, 1.54) is 12.1 Å². The fourth-order valence-electron chi connectivity index (χ4n) is 1.44. The van der Waals surface area contributed by atoms with Gasteiger partial charge < -0.3 is 5.11 Å². The van der Waals surface area contributed by atoms with E-state index >= 15 is 0 Å². The number of aryl methyl sites for hydroxylation is 1. The minimum Gasteiger partial charge on any atom is -0.477 e. The van der Waals surface area contributed by atoms with Gasteiger partial charge in [0.05, 0.1) is 0 Å². The number of nitrogens with zero attached hydrogens (tertiary/aromatic N) is 2. The SMILES string of the molecule is Cc1cc(C(=O)O)nc(-c2ccc(F)c(F)c2)n1.